The molecule has 4 amide bonds. The van der Waals surface area contributed by atoms with Crippen molar-refractivity contribution in [2.24, 2.45) is 0 Å². The highest BCUT2D eigenvalue weighted by Crippen LogP contribution is 2.27. The van der Waals surface area contributed by atoms with Gasteiger partial charge in [-0.3, -0.25) is 0 Å². The molecular weight excluding hydrogens is 347 g/mol. The summed E-state index contributed by atoms with van der Waals surface area (Å²) >= 11 is 11.0. The number of halogens is 2. The fourth-order valence-corrected chi connectivity index (χ4v) is 2.28. The van der Waals surface area contributed by atoms with E-state index in [9.17, 15) is 9.59 Å². The van der Waals surface area contributed by atoms with Crippen molar-refractivity contribution in [3.8, 4) is 0 Å². The Morgan fingerprint density at radius 1 is 0.870 bits per heavy atom. The number of hydrogen-bond donors (Lipinski definition) is 4. The van der Waals surface area contributed by atoms with E-state index in [1.807, 2.05) is 0 Å². The Bertz CT molecular complexity index is 364. The summed E-state index contributed by atoms with van der Waals surface area (Å²) in [5.74, 6) is -0.0984. The van der Waals surface area contributed by atoms with Gasteiger partial charge in [-0.2, -0.15) is 0 Å². The number of carbonyl (C=O) groups is 2. The summed E-state index contributed by atoms with van der Waals surface area (Å²) in [6.07, 6.45) is -0.750. The van der Waals surface area contributed by atoms with Crippen molar-refractivity contribution in [3.63, 3.8) is 0 Å². The summed E-state index contributed by atoms with van der Waals surface area (Å²) in [5, 5.41) is 10.6. The highest BCUT2D eigenvalue weighted by Gasteiger charge is 2.41. The number of ether oxygens (including phenoxy) is 2. The summed E-state index contributed by atoms with van der Waals surface area (Å²) in [7, 11) is 0. The lowest BCUT2D eigenvalue weighted by Crippen LogP contribution is -2.47. The van der Waals surface area contributed by atoms with Gasteiger partial charge in [0.2, 0.25) is 0 Å². The number of alkyl halides is 2. The van der Waals surface area contributed by atoms with Crippen molar-refractivity contribution in [2.45, 2.75) is 31.8 Å². The fourth-order valence-electron chi connectivity index (χ4n) is 2.09. The Morgan fingerprint density at radius 3 is 1.61 bits per heavy atom. The molecule has 0 unspecified atom stereocenters. The van der Waals surface area contributed by atoms with Crippen LogP contribution in [0.25, 0.3) is 0 Å². The predicted octanol–water partition coefficient (Wildman–Crippen LogP) is 0.582. The molecule has 8 nitrogen and oxygen atoms in total. The third kappa shape index (κ3) is 7.92. The highest BCUT2D eigenvalue weighted by atomic mass is 35.5. The molecule has 4 N–H and O–H groups in total. The molecule has 0 spiro atoms. The van der Waals surface area contributed by atoms with Crippen LogP contribution in [0.5, 0.6) is 0 Å². The molecule has 0 aliphatic carbocycles. The van der Waals surface area contributed by atoms with Crippen LogP contribution in [0.2, 0.25) is 0 Å². The molecule has 23 heavy (non-hydrogen) atoms. The standard InChI is InChI=1S/C13H24Cl2N4O4/c1-13(2)22-9(7-18-11(20)16-5-3-14)10(23-13)8-19-12(21)17-6-4-15/h9-10H,3-8H2,1-2H3,(H2,16,18,20)(H2,17,19,21)/t9-,10+. The Hall–Kier alpha value is -0.960. The Labute approximate surface area is 145 Å². The van der Waals surface area contributed by atoms with E-state index < -0.39 is 5.79 Å². The van der Waals surface area contributed by atoms with E-state index in [-0.39, 0.29) is 37.4 Å². The molecule has 134 valence electrons. The molecule has 0 bridgehead atoms. The van der Waals surface area contributed by atoms with Crippen LogP contribution < -0.4 is 21.3 Å². The predicted molar refractivity (Wildman–Crippen MR) is 88.1 cm³/mol. The second-order valence-corrected chi connectivity index (χ2v) is 6.12. The molecular formula is C13H24Cl2N4O4. The summed E-state index contributed by atoms with van der Waals surface area (Å²) in [6.45, 7) is 4.84. The maximum atomic E-state index is 11.5. The number of amides is 4. The van der Waals surface area contributed by atoms with Crippen molar-refractivity contribution >= 4 is 35.3 Å². The smallest absolute Gasteiger partial charge is 0.314 e. The van der Waals surface area contributed by atoms with E-state index in [1.165, 1.54) is 0 Å². The lowest BCUT2D eigenvalue weighted by atomic mass is 10.2. The van der Waals surface area contributed by atoms with Crippen LogP contribution in [-0.4, -0.2) is 68.0 Å². The largest absolute Gasteiger partial charge is 0.343 e. The van der Waals surface area contributed by atoms with E-state index in [2.05, 4.69) is 21.3 Å². The quantitative estimate of drug-likeness (QED) is 0.469. The normalized spacial score (nSPS) is 22.4. The molecule has 0 saturated carbocycles. The minimum Gasteiger partial charge on any atom is -0.343 e. The fraction of sp³-hybridized carbons (Fsp3) is 0.846. The first-order valence-corrected chi connectivity index (χ1v) is 8.46. The molecule has 0 aromatic rings. The zero-order valence-electron chi connectivity index (χ0n) is 13.3. The first-order valence-electron chi connectivity index (χ1n) is 7.39. The van der Waals surface area contributed by atoms with Crippen molar-refractivity contribution in [1.82, 2.24) is 21.3 Å². The van der Waals surface area contributed by atoms with Crippen LogP contribution in [-0.2, 0) is 9.47 Å². The van der Waals surface area contributed by atoms with Gasteiger partial charge in [0.15, 0.2) is 5.79 Å². The minimum atomic E-state index is -0.780. The molecule has 10 heteroatoms. The number of hydrogen-bond acceptors (Lipinski definition) is 4. The topological polar surface area (TPSA) is 101 Å². The van der Waals surface area contributed by atoms with Gasteiger partial charge in [0.05, 0.1) is 0 Å². The summed E-state index contributed by atoms with van der Waals surface area (Å²) < 4.78 is 11.5. The van der Waals surface area contributed by atoms with Crippen LogP contribution in [0.3, 0.4) is 0 Å². The number of rotatable bonds is 8. The van der Waals surface area contributed by atoms with Crippen LogP contribution in [0.4, 0.5) is 9.59 Å². The first-order chi connectivity index (χ1) is 10.9. The molecule has 0 radical (unpaired) electrons. The zero-order chi connectivity index (χ0) is 17.3. The summed E-state index contributed by atoms with van der Waals surface area (Å²) in [4.78, 5) is 23.1. The number of urea groups is 2. The molecule has 0 aromatic carbocycles. The lowest BCUT2D eigenvalue weighted by molar-refractivity contribution is -0.145. The number of carbonyl (C=O) groups excluding carboxylic acids is 2. The van der Waals surface area contributed by atoms with Gasteiger partial charge >= 0.3 is 12.1 Å². The van der Waals surface area contributed by atoms with Crippen molar-refractivity contribution < 1.29 is 19.1 Å². The van der Waals surface area contributed by atoms with E-state index in [0.29, 0.717) is 24.8 Å². The molecule has 1 aliphatic rings. The minimum absolute atomic E-state index is 0.257. The van der Waals surface area contributed by atoms with Crippen molar-refractivity contribution in [3.05, 3.63) is 0 Å². The summed E-state index contributed by atoms with van der Waals surface area (Å²) in [5.41, 5.74) is 0. The molecule has 1 fully saturated rings. The van der Waals surface area contributed by atoms with E-state index in [1.54, 1.807) is 13.8 Å². The SMILES string of the molecule is CC1(C)O[C@@H](CNC(=O)NCCCl)[C@@H](CNC(=O)NCCCl)O1. The van der Waals surface area contributed by atoms with E-state index in [4.69, 9.17) is 32.7 Å². The van der Waals surface area contributed by atoms with Crippen LogP contribution >= 0.6 is 23.2 Å². The van der Waals surface area contributed by atoms with Crippen molar-refractivity contribution in [1.29, 1.82) is 0 Å². The lowest BCUT2D eigenvalue weighted by Gasteiger charge is -2.18. The third-order valence-electron chi connectivity index (χ3n) is 2.97. The Kier molecular flexibility index (Phi) is 8.75. The van der Waals surface area contributed by atoms with Crippen LogP contribution in [0.15, 0.2) is 0 Å². The van der Waals surface area contributed by atoms with Gasteiger partial charge in [0.25, 0.3) is 0 Å². The van der Waals surface area contributed by atoms with E-state index in [0.717, 1.165) is 0 Å². The average molecular weight is 371 g/mol. The zero-order valence-corrected chi connectivity index (χ0v) is 14.8. The van der Waals surface area contributed by atoms with Crippen LogP contribution in [0.1, 0.15) is 13.8 Å². The summed E-state index contributed by atoms with van der Waals surface area (Å²) in [6, 6.07) is -0.656. The molecule has 0 aromatic heterocycles. The average Bonchev–Trinajstić information content (AvgIpc) is 2.80. The monoisotopic (exact) mass is 370 g/mol. The molecule has 1 rings (SSSR count). The maximum Gasteiger partial charge on any atom is 0.314 e. The van der Waals surface area contributed by atoms with Gasteiger partial charge in [0, 0.05) is 37.9 Å². The van der Waals surface area contributed by atoms with Gasteiger partial charge < -0.3 is 30.7 Å². The molecule has 1 aliphatic heterocycles. The van der Waals surface area contributed by atoms with Gasteiger partial charge in [-0.1, -0.05) is 0 Å². The number of nitrogens with one attached hydrogen (secondary N) is 4. The molecule has 1 saturated heterocycles. The van der Waals surface area contributed by atoms with Crippen molar-refractivity contribution in [2.75, 3.05) is 37.9 Å². The van der Waals surface area contributed by atoms with Gasteiger partial charge in [-0.15, -0.1) is 23.2 Å². The highest BCUT2D eigenvalue weighted by molar-refractivity contribution is 6.18. The maximum absolute atomic E-state index is 11.5. The van der Waals surface area contributed by atoms with Gasteiger partial charge in [-0.05, 0) is 13.8 Å². The molecule has 2 atom stereocenters. The van der Waals surface area contributed by atoms with Gasteiger partial charge in [0.1, 0.15) is 12.2 Å². The van der Waals surface area contributed by atoms with Crippen LogP contribution in [0, 0.1) is 0 Å². The Balaban J connectivity index is 2.41. The first kappa shape index (κ1) is 20.1. The second kappa shape index (κ2) is 10.0. The third-order valence-corrected chi connectivity index (χ3v) is 3.35. The Morgan fingerprint density at radius 2 is 1.26 bits per heavy atom. The molecule has 1 heterocycles. The second-order valence-electron chi connectivity index (χ2n) is 5.36. The van der Waals surface area contributed by atoms with Gasteiger partial charge in [-0.25, -0.2) is 9.59 Å². The van der Waals surface area contributed by atoms with E-state index >= 15 is 0 Å².